The largest absolute Gasteiger partial charge is 0.478 e. The highest BCUT2D eigenvalue weighted by Gasteiger charge is 2.17. The molecule has 9 nitrogen and oxygen atoms in total. The molecule has 0 spiro atoms. The van der Waals surface area contributed by atoms with Crippen molar-refractivity contribution >= 4 is 17.4 Å². The van der Waals surface area contributed by atoms with Gasteiger partial charge in [0.15, 0.2) is 5.65 Å². The highest BCUT2D eigenvalue weighted by Crippen LogP contribution is 2.28. The fraction of sp³-hybridized carbons (Fsp3) is 0.235. The monoisotopic (exact) mass is 348 g/mol. The molecule has 5 rings (SSSR count). The standard InChI is InChI=1S/C17H16N8O/c1-24-13(5-7-19-24)21-17-18-6-4-12(20-17)11-9-15-23-22-14-3-2-8-26-16(10-11)25(14)15/h4-7,9-10H,2-3,8H2,1H3,(H,18,20,21). The van der Waals surface area contributed by atoms with Crippen LogP contribution < -0.4 is 10.1 Å². The summed E-state index contributed by atoms with van der Waals surface area (Å²) in [6.45, 7) is 0.666. The number of anilines is 2. The number of hydrogen-bond donors (Lipinski definition) is 1. The summed E-state index contributed by atoms with van der Waals surface area (Å²) in [5.41, 5.74) is 2.44. The Morgan fingerprint density at radius 3 is 3.00 bits per heavy atom. The van der Waals surface area contributed by atoms with E-state index in [1.54, 1.807) is 17.1 Å². The van der Waals surface area contributed by atoms with Gasteiger partial charge >= 0.3 is 0 Å². The van der Waals surface area contributed by atoms with Crippen LogP contribution in [0.5, 0.6) is 5.88 Å². The van der Waals surface area contributed by atoms with Gasteiger partial charge in [-0.05, 0) is 18.6 Å². The third kappa shape index (κ3) is 2.44. The van der Waals surface area contributed by atoms with Crippen molar-refractivity contribution in [3.63, 3.8) is 0 Å². The lowest BCUT2D eigenvalue weighted by atomic mass is 10.2. The molecule has 0 amide bonds. The van der Waals surface area contributed by atoms with E-state index in [0.717, 1.165) is 47.3 Å². The molecule has 0 atom stereocenters. The average molecular weight is 348 g/mol. The van der Waals surface area contributed by atoms with Crippen LogP contribution in [-0.2, 0) is 13.5 Å². The smallest absolute Gasteiger partial charge is 0.228 e. The van der Waals surface area contributed by atoms with E-state index < -0.39 is 0 Å². The lowest BCUT2D eigenvalue weighted by Crippen LogP contribution is -2.03. The normalized spacial score (nSPS) is 13.4. The summed E-state index contributed by atoms with van der Waals surface area (Å²) < 4.78 is 9.57. The summed E-state index contributed by atoms with van der Waals surface area (Å²) >= 11 is 0. The van der Waals surface area contributed by atoms with E-state index in [4.69, 9.17) is 4.74 Å². The summed E-state index contributed by atoms with van der Waals surface area (Å²) in [6.07, 6.45) is 5.23. The van der Waals surface area contributed by atoms with E-state index in [-0.39, 0.29) is 0 Å². The van der Waals surface area contributed by atoms with E-state index in [1.165, 1.54) is 0 Å². The summed E-state index contributed by atoms with van der Waals surface area (Å²) in [6, 6.07) is 7.66. The van der Waals surface area contributed by atoms with Crippen molar-refractivity contribution in [2.75, 3.05) is 11.9 Å². The van der Waals surface area contributed by atoms with Crippen molar-refractivity contribution in [2.45, 2.75) is 12.8 Å². The first kappa shape index (κ1) is 14.8. The Morgan fingerprint density at radius 1 is 1.15 bits per heavy atom. The Morgan fingerprint density at radius 2 is 2.12 bits per heavy atom. The molecule has 4 aromatic rings. The number of rotatable bonds is 3. The number of ether oxygens (including phenoxy) is 1. The first-order chi connectivity index (χ1) is 12.8. The van der Waals surface area contributed by atoms with E-state index >= 15 is 0 Å². The van der Waals surface area contributed by atoms with Crippen LogP contribution in [0, 0.1) is 0 Å². The molecule has 0 fully saturated rings. The molecule has 4 aromatic heterocycles. The summed E-state index contributed by atoms with van der Waals surface area (Å²) in [5.74, 6) is 2.99. The van der Waals surface area contributed by atoms with Gasteiger partial charge in [0.1, 0.15) is 11.6 Å². The number of nitrogens with one attached hydrogen (secondary N) is 1. The molecule has 0 bridgehead atoms. The molecule has 130 valence electrons. The van der Waals surface area contributed by atoms with Crippen LogP contribution in [0.1, 0.15) is 12.2 Å². The Hall–Kier alpha value is -3.49. The molecule has 1 N–H and O–H groups in total. The predicted octanol–water partition coefficient (Wildman–Crippen LogP) is 1.99. The maximum Gasteiger partial charge on any atom is 0.228 e. The van der Waals surface area contributed by atoms with E-state index in [9.17, 15) is 0 Å². The number of aryl methyl sites for hydroxylation is 2. The third-order valence-corrected chi connectivity index (χ3v) is 4.35. The quantitative estimate of drug-likeness (QED) is 0.605. The van der Waals surface area contributed by atoms with Crippen LogP contribution in [0.2, 0.25) is 0 Å². The molecule has 0 unspecified atom stereocenters. The lowest BCUT2D eigenvalue weighted by Gasteiger charge is -2.10. The molecular weight excluding hydrogens is 332 g/mol. The van der Waals surface area contributed by atoms with Crippen molar-refractivity contribution in [1.82, 2.24) is 34.3 Å². The third-order valence-electron chi connectivity index (χ3n) is 4.35. The zero-order valence-electron chi connectivity index (χ0n) is 14.1. The van der Waals surface area contributed by atoms with E-state index in [1.807, 2.05) is 35.7 Å². The van der Waals surface area contributed by atoms with Crippen molar-refractivity contribution in [3.8, 4) is 17.1 Å². The van der Waals surface area contributed by atoms with Crippen molar-refractivity contribution in [2.24, 2.45) is 7.05 Å². The van der Waals surface area contributed by atoms with Gasteiger partial charge in [-0.1, -0.05) is 0 Å². The highest BCUT2D eigenvalue weighted by molar-refractivity contribution is 5.67. The van der Waals surface area contributed by atoms with E-state index in [2.05, 4.69) is 30.6 Å². The van der Waals surface area contributed by atoms with Gasteiger partial charge in [-0.3, -0.25) is 4.68 Å². The fourth-order valence-electron chi connectivity index (χ4n) is 3.06. The first-order valence-electron chi connectivity index (χ1n) is 8.37. The number of hydrogen-bond acceptors (Lipinski definition) is 7. The van der Waals surface area contributed by atoms with Gasteiger partial charge in [-0.25, -0.2) is 14.4 Å². The fourth-order valence-corrected chi connectivity index (χ4v) is 3.06. The second-order valence-corrected chi connectivity index (χ2v) is 6.07. The zero-order valence-corrected chi connectivity index (χ0v) is 14.1. The van der Waals surface area contributed by atoms with E-state index in [0.29, 0.717) is 12.6 Å². The van der Waals surface area contributed by atoms with Gasteiger partial charge in [0, 0.05) is 37.4 Å². The lowest BCUT2D eigenvalue weighted by molar-refractivity contribution is 0.306. The van der Waals surface area contributed by atoms with Gasteiger partial charge < -0.3 is 10.1 Å². The second-order valence-electron chi connectivity index (χ2n) is 6.07. The molecule has 1 aliphatic heterocycles. The van der Waals surface area contributed by atoms with Crippen LogP contribution >= 0.6 is 0 Å². The average Bonchev–Trinajstić information content (AvgIpc) is 3.18. The molecule has 5 heterocycles. The van der Waals surface area contributed by atoms with Crippen molar-refractivity contribution in [1.29, 1.82) is 0 Å². The molecule has 0 aromatic carbocycles. The Kier molecular flexibility index (Phi) is 3.30. The minimum Gasteiger partial charge on any atom is -0.478 e. The van der Waals surface area contributed by atoms with Crippen LogP contribution in [0.4, 0.5) is 11.8 Å². The van der Waals surface area contributed by atoms with Crippen LogP contribution in [0.15, 0.2) is 36.7 Å². The minimum atomic E-state index is 0.500. The predicted molar refractivity (Wildman–Crippen MR) is 94.3 cm³/mol. The maximum absolute atomic E-state index is 5.88. The molecule has 0 aliphatic carbocycles. The number of pyridine rings is 1. The molecular formula is C17H16N8O. The zero-order chi connectivity index (χ0) is 17.5. The highest BCUT2D eigenvalue weighted by atomic mass is 16.5. The molecule has 26 heavy (non-hydrogen) atoms. The summed E-state index contributed by atoms with van der Waals surface area (Å²) in [4.78, 5) is 8.90. The van der Waals surface area contributed by atoms with Crippen LogP contribution in [0.3, 0.4) is 0 Å². The van der Waals surface area contributed by atoms with Gasteiger partial charge in [0.25, 0.3) is 0 Å². The van der Waals surface area contributed by atoms with Crippen molar-refractivity contribution < 1.29 is 4.74 Å². The maximum atomic E-state index is 5.88. The number of aromatic nitrogens is 7. The summed E-state index contributed by atoms with van der Waals surface area (Å²) in [5, 5.41) is 15.9. The van der Waals surface area contributed by atoms with Gasteiger partial charge in [0.2, 0.25) is 11.8 Å². The topological polar surface area (TPSA) is 95.1 Å². The Bertz CT molecular complexity index is 1100. The summed E-state index contributed by atoms with van der Waals surface area (Å²) in [7, 11) is 1.86. The van der Waals surface area contributed by atoms with Gasteiger partial charge in [0.05, 0.1) is 18.5 Å². The van der Waals surface area contributed by atoms with Crippen LogP contribution in [-0.4, -0.2) is 41.0 Å². The van der Waals surface area contributed by atoms with Gasteiger partial charge in [-0.2, -0.15) is 5.10 Å². The van der Waals surface area contributed by atoms with Crippen LogP contribution in [0.25, 0.3) is 16.9 Å². The van der Waals surface area contributed by atoms with Gasteiger partial charge in [-0.15, -0.1) is 10.2 Å². The minimum absolute atomic E-state index is 0.500. The SMILES string of the molecule is Cn1nccc1Nc1nccc(-c2cc3n4c(nnc4c2)CCCO3)n1. The Labute approximate surface area is 148 Å². The second kappa shape index (κ2) is 5.80. The Balaban J connectivity index is 1.56. The molecule has 1 aliphatic rings. The van der Waals surface area contributed by atoms with Crippen molar-refractivity contribution in [3.05, 3.63) is 42.5 Å². The first-order valence-corrected chi connectivity index (χ1v) is 8.37. The molecule has 9 heteroatoms. The molecule has 0 saturated heterocycles. The molecule has 0 saturated carbocycles. The number of nitrogens with zero attached hydrogens (tertiary/aromatic N) is 7. The molecule has 0 radical (unpaired) electrons.